The number of nitrogens with zero attached hydrogens (tertiary/aromatic N) is 3. The summed E-state index contributed by atoms with van der Waals surface area (Å²) < 4.78 is 4.69. The predicted molar refractivity (Wildman–Crippen MR) is 101 cm³/mol. The van der Waals surface area contributed by atoms with Crippen molar-refractivity contribution in [2.45, 2.75) is 26.7 Å². The zero-order chi connectivity index (χ0) is 18.9. The lowest BCUT2D eigenvalue weighted by Crippen LogP contribution is -2.26. The molecule has 0 unspecified atom stereocenters. The van der Waals surface area contributed by atoms with Gasteiger partial charge >= 0.3 is 5.97 Å². The molecule has 138 valence electrons. The minimum Gasteiger partial charge on any atom is -0.465 e. The molecule has 0 aliphatic rings. The quantitative estimate of drug-likeness (QED) is 0.732. The first-order chi connectivity index (χ1) is 12.6. The van der Waals surface area contributed by atoms with E-state index in [0.29, 0.717) is 11.3 Å². The van der Waals surface area contributed by atoms with Gasteiger partial charge < -0.3 is 15.0 Å². The van der Waals surface area contributed by atoms with Gasteiger partial charge in [0.1, 0.15) is 17.8 Å². The Morgan fingerprint density at radius 1 is 1.12 bits per heavy atom. The van der Waals surface area contributed by atoms with Crippen LogP contribution in [-0.4, -0.2) is 42.0 Å². The number of anilines is 2. The zero-order valence-electron chi connectivity index (χ0n) is 15.4. The minimum atomic E-state index is -0.458. The number of carbonyl (C=O) groups is 2. The van der Waals surface area contributed by atoms with Crippen LogP contribution in [0.4, 0.5) is 11.5 Å². The number of aromatic nitrogens is 2. The van der Waals surface area contributed by atoms with Crippen molar-refractivity contribution in [1.82, 2.24) is 9.97 Å². The van der Waals surface area contributed by atoms with Gasteiger partial charge in [0.15, 0.2) is 0 Å². The molecule has 0 aliphatic heterocycles. The maximum absolute atomic E-state index is 12.5. The van der Waals surface area contributed by atoms with Crippen molar-refractivity contribution in [1.29, 1.82) is 0 Å². The van der Waals surface area contributed by atoms with Crippen LogP contribution < -0.4 is 10.2 Å². The second kappa shape index (κ2) is 9.50. The smallest absolute Gasteiger partial charge is 0.337 e. The maximum atomic E-state index is 12.5. The number of hydrogen-bond acceptors (Lipinski definition) is 6. The molecule has 2 aromatic rings. The van der Waals surface area contributed by atoms with Crippen LogP contribution in [-0.2, 0) is 4.74 Å². The van der Waals surface area contributed by atoms with E-state index in [0.717, 1.165) is 31.7 Å². The Labute approximate surface area is 153 Å². The van der Waals surface area contributed by atoms with Crippen LogP contribution in [0.3, 0.4) is 0 Å². The SMILES string of the molecule is CCCN(CCC)c1cc(C(=O)Nc2cccc(C(=O)OC)c2)ncn1. The molecule has 2 rings (SSSR count). The Kier molecular flexibility index (Phi) is 7.08. The fourth-order valence-corrected chi connectivity index (χ4v) is 2.56. The molecule has 7 nitrogen and oxygen atoms in total. The van der Waals surface area contributed by atoms with E-state index in [1.54, 1.807) is 30.3 Å². The fourth-order valence-electron chi connectivity index (χ4n) is 2.56. The molecule has 0 spiro atoms. The van der Waals surface area contributed by atoms with Gasteiger partial charge in [-0.25, -0.2) is 14.8 Å². The highest BCUT2D eigenvalue weighted by molar-refractivity contribution is 6.03. The van der Waals surface area contributed by atoms with Crippen molar-refractivity contribution in [3.8, 4) is 0 Å². The van der Waals surface area contributed by atoms with Gasteiger partial charge in [-0.15, -0.1) is 0 Å². The lowest BCUT2D eigenvalue weighted by molar-refractivity contribution is 0.0600. The van der Waals surface area contributed by atoms with Gasteiger partial charge in [0.25, 0.3) is 5.91 Å². The molecule has 0 atom stereocenters. The Hall–Kier alpha value is -2.96. The molecule has 1 N–H and O–H groups in total. The summed E-state index contributed by atoms with van der Waals surface area (Å²) in [5, 5.41) is 2.75. The highest BCUT2D eigenvalue weighted by Crippen LogP contribution is 2.15. The summed E-state index contributed by atoms with van der Waals surface area (Å²) in [5.41, 5.74) is 1.14. The molecule has 0 bridgehead atoms. The molecule has 1 aromatic carbocycles. The summed E-state index contributed by atoms with van der Waals surface area (Å²) in [6.45, 7) is 5.94. The Morgan fingerprint density at radius 3 is 2.50 bits per heavy atom. The van der Waals surface area contributed by atoms with Crippen molar-refractivity contribution in [2.24, 2.45) is 0 Å². The number of rotatable bonds is 8. The summed E-state index contributed by atoms with van der Waals surface area (Å²) in [4.78, 5) is 34.6. The number of ether oxygens (including phenoxy) is 1. The second-order valence-corrected chi connectivity index (χ2v) is 5.78. The molecule has 0 saturated heterocycles. The topological polar surface area (TPSA) is 84.4 Å². The standard InChI is InChI=1S/C19H24N4O3/c1-4-9-23(10-5-2)17-12-16(20-13-21-17)18(24)22-15-8-6-7-14(11-15)19(25)26-3/h6-8,11-13H,4-5,9-10H2,1-3H3,(H,22,24). The largest absolute Gasteiger partial charge is 0.465 e. The van der Waals surface area contributed by atoms with E-state index in [1.807, 2.05) is 0 Å². The summed E-state index contributed by atoms with van der Waals surface area (Å²) in [6, 6.07) is 8.25. The van der Waals surface area contributed by atoms with Crippen LogP contribution in [0.25, 0.3) is 0 Å². The van der Waals surface area contributed by atoms with E-state index in [-0.39, 0.29) is 11.6 Å². The van der Waals surface area contributed by atoms with E-state index < -0.39 is 5.97 Å². The van der Waals surface area contributed by atoms with Crippen molar-refractivity contribution in [3.63, 3.8) is 0 Å². The molecule has 26 heavy (non-hydrogen) atoms. The molecule has 1 aromatic heterocycles. The molecule has 1 amide bonds. The van der Waals surface area contributed by atoms with Gasteiger partial charge in [-0.3, -0.25) is 4.79 Å². The first-order valence-electron chi connectivity index (χ1n) is 8.65. The van der Waals surface area contributed by atoms with Crippen molar-refractivity contribution >= 4 is 23.4 Å². The fraction of sp³-hybridized carbons (Fsp3) is 0.368. The van der Waals surface area contributed by atoms with Gasteiger partial charge in [-0.2, -0.15) is 0 Å². The molecule has 0 radical (unpaired) electrons. The first-order valence-corrected chi connectivity index (χ1v) is 8.65. The van der Waals surface area contributed by atoms with Crippen LogP contribution in [0, 0.1) is 0 Å². The average molecular weight is 356 g/mol. The van der Waals surface area contributed by atoms with E-state index in [4.69, 9.17) is 4.74 Å². The van der Waals surface area contributed by atoms with Gasteiger partial charge in [-0.05, 0) is 31.0 Å². The van der Waals surface area contributed by atoms with Crippen molar-refractivity contribution in [2.75, 3.05) is 30.4 Å². The zero-order valence-corrected chi connectivity index (χ0v) is 15.4. The monoisotopic (exact) mass is 356 g/mol. The lowest BCUT2D eigenvalue weighted by atomic mass is 10.2. The van der Waals surface area contributed by atoms with Crippen molar-refractivity contribution < 1.29 is 14.3 Å². The number of benzene rings is 1. The first kappa shape index (κ1) is 19.4. The van der Waals surface area contributed by atoms with Gasteiger partial charge in [0, 0.05) is 24.8 Å². The van der Waals surface area contributed by atoms with Crippen LogP contribution in [0.15, 0.2) is 36.7 Å². The number of nitrogens with one attached hydrogen (secondary N) is 1. The minimum absolute atomic E-state index is 0.274. The normalized spacial score (nSPS) is 10.3. The molecular formula is C19H24N4O3. The van der Waals surface area contributed by atoms with E-state index >= 15 is 0 Å². The number of methoxy groups -OCH3 is 1. The molecule has 0 aliphatic carbocycles. The van der Waals surface area contributed by atoms with Crippen LogP contribution in [0.2, 0.25) is 0 Å². The highest BCUT2D eigenvalue weighted by atomic mass is 16.5. The number of esters is 1. The molecule has 0 saturated carbocycles. The predicted octanol–water partition coefficient (Wildman–Crippen LogP) is 3.14. The summed E-state index contributed by atoms with van der Waals surface area (Å²) in [7, 11) is 1.31. The molecular weight excluding hydrogens is 332 g/mol. The van der Waals surface area contributed by atoms with E-state index in [2.05, 4.69) is 34.0 Å². The Bertz CT molecular complexity index is 758. The van der Waals surface area contributed by atoms with Gasteiger partial charge in [0.05, 0.1) is 12.7 Å². The molecule has 1 heterocycles. The van der Waals surface area contributed by atoms with Crippen LogP contribution >= 0.6 is 0 Å². The second-order valence-electron chi connectivity index (χ2n) is 5.78. The Balaban J connectivity index is 2.17. The lowest BCUT2D eigenvalue weighted by Gasteiger charge is -2.22. The third kappa shape index (κ3) is 5.02. The third-order valence-corrected chi connectivity index (χ3v) is 3.74. The third-order valence-electron chi connectivity index (χ3n) is 3.74. The van der Waals surface area contributed by atoms with E-state index in [9.17, 15) is 9.59 Å². The number of carbonyl (C=O) groups excluding carboxylic acids is 2. The van der Waals surface area contributed by atoms with E-state index in [1.165, 1.54) is 13.4 Å². The van der Waals surface area contributed by atoms with Crippen LogP contribution in [0.1, 0.15) is 47.5 Å². The number of amides is 1. The summed E-state index contributed by atoms with van der Waals surface area (Å²) >= 11 is 0. The van der Waals surface area contributed by atoms with Gasteiger partial charge in [-0.1, -0.05) is 19.9 Å². The van der Waals surface area contributed by atoms with Crippen LogP contribution in [0.5, 0.6) is 0 Å². The van der Waals surface area contributed by atoms with Gasteiger partial charge in [0.2, 0.25) is 0 Å². The molecule has 0 fully saturated rings. The Morgan fingerprint density at radius 2 is 1.85 bits per heavy atom. The average Bonchev–Trinajstić information content (AvgIpc) is 2.67. The van der Waals surface area contributed by atoms with Crippen molar-refractivity contribution in [3.05, 3.63) is 47.9 Å². The highest BCUT2D eigenvalue weighted by Gasteiger charge is 2.13. The summed E-state index contributed by atoms with van der Waals surface area (Å²) in [5.74, 6) is -0.0824. The maximum Gasteiger partial charge on any atom is 0.337 e. The summed E-state index contributed by atoms with van der Waals surface area (Å²) in [6.07, 6.45) is 3.38. The number of hydrogen-bond donors (Lipinski definition) is 1. The molecule has 7 heteroatoms.